The number of hydrogen-bond acceptors (Lipinski definition) is 6. The second-order valence-corrected chi connectivity index (χ2v) is 8.93. The summed E-state index contributed by atoms with van der Waals surface area (Å²) < 4.78 is 6.17. The molecule has 1 unspecified atom stereocenters. The van der Waals surface area contributed by atoms with Gasteiger partial charge in [0, 0.05) is 44.7 Å². The van der Waals surface area contributed by atoms with Crippen LogP contribution in [0.3, 0.4) is 0 Å². The van der Waals surface area contributed by atoms with Gasteiger partial charge < -0.3 is 10.1 Å². The smallest absolute Gasteiger partial charge is 0.243 e. The molecule has 3 heterocycles. The van der Waals surface area contributed by atoms with Gasteiger partial charge in [-0.3, -0.25) is 29.5 Å². The first-order valence-corrected chi connectivity index (χ1v) is 11.4. The van der Waals surface area contributed by atoms with Crippen LogP contribution in [0.4, 0.5) is 0 Å². The van der Waals surface area contributed by atoms with Gasteiger partial charge >= 0.3 is 0 Å². The Labute approximate surface area is 192 Å². The van der Waals surface area contributed by atoms with Crippen molar-refractivity contribution in [1.29, 1.82) is 0 Å². The summed E-state index contributed by atoms with van der Waals surface area (Å²) in [5.41, 5.74) is 4.53. The van der Waals surface area contributed by atoms with Gasteiger partial charge in [-0.25, -0.2) is 0 Å². The van der Waals surface area contributed by atoms with Gasteiger partial charge in [-0.05, 0) is 29.2 Å². The Balaban J connectivity index is 1.19. The van der Waals surface area contributed by atoms with Crippen molar-refractivity contribution < 1.29 is 19.1 Å². The zero-order chi connectivity index (χ0) is 22.8. The van der Waals surface area contributed by atoms with E-state index in [2.05, 4.69) is 50.8 Å². The second kappa shape index (κ2) is 9.33. The highest BCUT2D eigenvalue weighted by molar-refractivity contribution is 6.00. The third kappa shape index (κ3) is 4.91. The predicted molar refractivity (Wildman–Crippen MR) is 121 cm³/mol. The molecule has 2 fully saturated rings. The number of rotatable bonds is 6. The summed E-state index contributed by atoms with van der Waals surface area (Å²) in [6.07, 6.45) is 0.941. The quantitative estimate of drug-likeness (QED) is 0.648. The lowest BCUT2D eigenvalue weighted by Gasteiger charge is -2.29. The van der Waals surface area contributed by atoms with E-state index in [1.807, 2.05) is 12.1 Å². The van der Waals surface area contributed by atoms with Crippen LogP contribution in [-0.4, -0.2) is 53.2 Å². The zero-order valence-corrected chi connectivity index (χ0v) is 18.5. The summed E-state index contributed by atoms with van der Waals surface area (Å²) in [5, 5.41) is 5.30. The normalized spacial score (nSPS) is 21.5. The van der Waals surface area contributed by atoms with E-state index >= 15 is 0 Å². The molecular weight excluding hydrogens is 420 g/mol. The molecule has 2 N–H and O–H groups in total. The Morgan fingerprint density at radius 2 is 1.76 bits per heavy atom. The lowest BCUT2D eigenvalue weighted by Crippen LogP contribution is -2.50. The fraction of sp³-hybridized carbons (Fsp3) is 0.400. The Bertz CT molecular complexity index is 1070. The fourth-order valence-electron chi connectivity index (χ4n) is 4.79. The van der Waals surface area contributed by atoms with Crippen molar-refractivity contribution >= 4 is 17.7 Å². The van der Waals surface area contributed by atoms with Gasteiger partial charge in [-0.2, -0.15) is 0 Å². The van der Waals surface area contributed by atoms with E-state index in [1.165, 1.54) is 5.56 Å². The van der Waals surface area contributed by atoms with Gasteiger partial charge in [0.05, 0.1) is 12.6 Å². The van der Waals surface area contributed by atoms with Crippen molar-refractivity contribution in [2.24, 2.45) is 0 Å². The van der Waals surface area contributed by atoms with E-state index < -0.39 is 0 Å². The van der Waals surface area contributed by atoms with Crippen LogP contribution in [-0.2, 0) is 40.6 Å². The number of amides is 3. The number of carbonyl (C=O) groups is 3. The molecule has 172 valence electrons. The van der Waals surface area contributed by atoms with Crippen LogP contribution in [0.2, 0.25) is 0 Å². The van der Waals surface area contributed by atoms with Gasteiger partial charge in [0.25, 0.3) is 0 Å². The van der Waals surface area contributed by atoms with Gasteiger partial charge in [0.1, 0.15) is 12.4 Å². The molecule has 8 nitrogen and oxygen atoms in total. The maximum Gasteiger partial charge on any atom is 0.243 e. The zero-order valence-electron chi connectivity index (χ0n) is 18.5. The maximum atomic E-state index is 12.3. The maximum absolute atomic E-state index is 12.3. The number of nitrogens with zero attached hydrogens (tertiary/aromatic N) is 2. The SMILES string of the molecule is O=C1CN(Cc2ccc(COc3cccc4c3CN(C3CCC(=O)NC3=O)C4)cc2)CCN1. The minimum Gasteiger partial charge on any atom is -0.489 e. The number of imide groups is 1. The number of nitrogens with one attached hydrogen (secondary N) is 2. The monoisotopic (exact) mass is 448 g/mol. The molecule has 2 aromatic carbocycles. The van der Waals surface area contributed by atoms with Crippen molar-refractivity contribution in [3.05, 3.63) is 64.7 Å². The summed E-state index contributed by atoms with van der Waals surface area (Å²) in [4.78, 5) is 39.6. The molecule has 33 heavy (non-hydrogen) atoms. The summed E-state index contributed by atoms with van der Waals surface area (Å²) in [5.74, 6) is 0.528. The Kier molecular flexibility index (Phi) is 6.11. The van der Waals surface area contributed by atoms with Gasteiger partial charge in [0.2, 0.25) is 17.7 Å². The molecule has 2 saturated heterocycles. The minimum atomic E-state index is -0.276. The average molecular weight is 449 g/mol. The van der Waals surface area contributed by atoms with Gasteiger partial charge in [0.15, 0.2) is 0 Å². The lowest BCUT2D eigenvalue weighted by atomic mass is 10.0. The van der Waals surface area contributed by atoms with Crippen LogP contribution in [0.5, 0.6) is 5.75 Å². The highest BCUT2D eigenvalue weighted by Crippen LogP contribution is 2.33. The molecule has 0 radical (unpaired) electrons. The fourth-order valence-corrected chi connectivity index (χ4v) is 4.79. The number of fused-ring (bicyclic) bond motifs is 1. The molecule has 0 saturated carbocycles. The topological polar surface area (TPSA) is 91.0 Å². The van der Waals surface area contributed by atoms with E-state index in [4.69, 9.17) is 4.74 Å². The molecule has 0 aliphatic carbocycles. The molecular formula is C25H28N4O4. The predicted octanol–water partition coefficient (Wildman–Crippen LogP) is 1.32. The van der Waals surface area contributed by atoms with E-state index in [0.29, 0.717) is 45.6 Å². The number of benzene rings is 2. The standard InChI is InChI=1S/C25H28N4O4/c30-23-9-8-21(25(32)27-23)29-13-19-2-1-3-22(20(19)14-29)33-16-18-6-4-17(5-7-18)12-28-11-10-26-24(31)15-28/h1-7,21H,8-16H2,(H,26,31)(H,27,30,32). The number of hydrogen-bond donors (Lipinski definition) is 2. The molecule has 0 aromatic heterocycles. The molecule has 3 aliphatic heterocycles. The number of ether oxygens (including phenoxy) is 1. The van der Waals surface area contributed by atoms with Crippen molar-refractivity contribution in [3.8, 4) is 5.75 Å². The van der Waals surface area contributed by atoms with Crippen LogP contribution in [0, 0.1) is 0 Å². The van der Waals surface area contributed by atoms with Crippen LogP contribution in [0.1, 0.15) is 35.1 Å². The van der Waals surface area contributed by atoms with Crippen molar-refractivity contribution in [1.82, 2.24) is 20.4 Å². The minimum absolute atomic E-state index is 0.0813. The Morgan fingerprint density at radius 1 is 0.939 bits per heavy atom. The molecule has 5 rings (SSSR count). The summed E-state index contributed by atoms with van der Waals surface area (Å²) in [7, 11) is 0. The van der Waals surface area contributed by atoms with E-state index in [-0.39, 0.29) is 23.8 Å². The number of carbonyl (C=O) groups excluding carboxylic acids is 3. The molecule has 8 heteroatoms. The number of piperazine rings is 1. The number of piperidine rings is 1. The van der Waals surface area contributed by atoms with Crippen LogP contribution >= 0.6 is 0 Å². The van der Waals surface area contributed by atoms with E-state index in [0.717, 1.165) is 35.5 Å². The van der Waals surface area contributed by atoms with E-state index in [9.17, 15) is 14.4 Å². The Hall–Kier alpha value is -3.23. The first-order valence-electron chi connectivity index (χ1n) is 11.4. The van der Waals surface area contributed by atoms with Crippen LogP contribution in [0.15, 0.2) is 42.5 Å². The van der Waals surface area contributed by atoms with Crippen LogP contribution < -0.4 is 15.4 Å². The molecule has 1 atom stereocenters. The van der Waals surface area contributed by atoms with Crippen molar-refractivity contribution in [3.63, 3.8) is 0 Å². The highest BCUT2D eigenvalue weighted by atomic mass is 16.5. The van der Waals surface area contributed by atoms with Crippen molar-refractivity contribution in [2.45, 2.75) is 45.1 Å². The van der Waals surface area contributed by atoms with Crippen molar-refractivity contribution in [2.75, 3.05) is 19.6 Å². The van der Waals surface area contributed by atoms with Crippen LogP contribution in [0.25, 0.3) is 0 Å². The molecule has 2 aromatic rings. The largest absolute Gasteiger partial charge is 0.489 e. The lowest BCUT2D eigenvalue weighted by molar-refractivity contribution is -0.137. The molecule has 0 spiro atoms. The van der Waals surface area contributed by atoms with Gasteiger partial charge in [-0.15, -0.1) is 0 Å². The summed E-state index contributed by atoms with van der Waals surface area (Å²) in [6.45, 7) is 4.55. The van der Waals surface area contributed by atoms with E-state index in [1.54, 1.807) is 0 Å². The molecule has 0 bridgehead atoms. The Morgan fingerprint density at radius 3 is 2.55 bits per heavy atom. The summed E-state index contributed by atoms with van der Waals surface area (Å²) in [6, 6.07) is 14.1. The third-order valence-corrected chi connectivity index (χ3v) is 6.56. The third-order valence-electron chi connectivity index (χ3n) is 6.56. The summed E-state index contributed by atoms with van der Waals surface area (Å²) >= 11 is 0. The first kappa shape index (κ1) is 21.6. The second-order valence-electron chi connectivity index (χ2n) is 8.93. The highest BCUT2D eigenvalue weighted by Gasteiger charge is 2.35. The average Bonchev–Trinajstić information content (AvgIpc) is 3.23. The van der Waals surface area contributed by atoms with Gasteiger partial charge in [-0.1, -0.05) is 36.4 Å². The molecule has 3 amide bonds. The molecule has 3 aliphatic rings. The first-order chi connectivity index (χ1) is 16.0.